The molecule has 0 saturated carbocycles. The number of hydrogen-bond acceptors (Lipinski definition) is 3. The van der Waals surface area contributed by atoms with Crippen LogP contribution < -0.4 is 10.6 Å². The highest BCUT2D eigenvalue weighted by Crippen LogP contribution is 2.35. The molecule has 1 aliphatic rings. The largest absolute Gasteiger partial charge is 0.328 e. The van der Waals surface area contributed by atoms with Crippen LogP contribution in [0, 0.1) is 11.3 Å². The summed E-state index contributed by atoms with van der Waals surface area (Å²) >= 11 is 0. The van der Waals surface area contributed by atoms with E-state index in [4.69, 9.17) is 0 Å². The van der Waals surface area contributed by atoms with Crippen molar-refractivity contribution in [3.05, 3.63) is 0 Å². The van der Waals surface area contributed by atoms with Gasteiger partial charge in [-0.05, 0) is 12.3 Å². The van der Waals surface area contributed by atoms with Crippen molar-refractivity contribution >= 4 is 17.8 Å². The third-order valence-corrected chi connectivity index (χ3v) is 2.89. The first kappa shape index (κ1) is 11.7. The molecule has 0 atom stereocenters. The van der Waals surface area contributed by atoms with Crippen molar-refractivity contribution < 1.29 is 14.4 Å². The highest BCUT2D eigenvalue weighted by Gasteiger charge is 2.51. The zero-order chi connectivity index (χ0) is 11.6. The zero-order valence-corrected chi connectivity index (χ0v) is 9.22. The molecule has 84 valence electrons. The van der Waals surface area contributed by atoms with Crippen molar-refractivity contribution in [2.75, 3.05) is 0 Å². The fourth-order valence-corrected chi connectivity index (χ4v) is 2.00. The van der Waals surface area contributed by atoms with E-state index in [0.29, 0.717) is 12.8 Å². The van der Waals surface area contributed by atoms with E-state index in [1.165, 1.54) is 0 Å². The Kier molecular flexibility index (Phi) is 3.12. The normalized spacial score (nSPS) is 20.1. The Morgan fingerprint density at radius 2 is 1.60 bits per heavy atom. The summed E-state index contributed by atoms with van der Waals surface area (Å²) in [7, 11) is 0. The van der Waals surface area contributed by atoms with E-state index in [-0.39, 0.29) is 5.92 Å². The van der Waals surface area contributed by atoms with E-state index >= 15 is 0 Å². The highest BCUT2D eigenvalue weighted by atomic mass is 16.2. The smallest absolute Gasteiger partial charge is 0.277 e. The molecule has 0 bridgehead atoms. The number of rotatable bonds is 3. The summed E-state index contributed by atoms with van der Waals surface area (Å²) < 4.78 is 0. The van der Waals surface area contributed by atoms with E-state index < -0.39 is 23.3 Å². The second kappa shape index (κ2) is 4.00. The Bertz CT molecular complexity index is 290. The van der Waals surface area contributed by atoms with Gasteiger partial charge >= 0.3 is 6.03 Å². The lowest BCUT2D eigenvalue weighted by Gasteiger charge is -2.36. The summed E-state index contributed by atoms with van der Waals surface area (Å²) in [5.41, 5.74) is -1.09. The molecule has 0 unspecified atom stereocenters. The molecule has 1 saturated heterocycles. The second-order valence-corrected chi connectivity index (χ2v) is 4.11. The monoisotopic (exact) mass is 212 g/mol. The Morgan fingerprint density at radius 3 is 1.93 bits per heavy atom. The van der Waals surface area contributed by atoms with Crippen LogP contribution in [0.3, 0.4) is 0 Å². The predicted octanol–water partition coefficient (Wildman–Crippen LogP) is 0.795. The topological polar surface area (TPSA) is 75.3 Å². The van der Waals surface area contributed by atoms with E-state index in [0.717, 1.165) is 0 Å². The van der Waals surface area contributed by atoms with Gasteiger partial charge in [-0.1, -0.05) is 27.2 Å². The lowest BCUT2D eigenvalue weighted by molar-refractivity contribution is -0.148. The van der Waals surface area contributed by atoms with Gasteiger partial charge in [0.05, 0.1) is 0 Å². The predicted molar refractivity (Wildman–Crippen MR) is 53.9 cm³/mol. The van der Waals surface area contributed by atoms with Gasteiger partial charge in [0, 0.05) is 0 Å². The number of carbonyl (C=O) groups excluding carboxylic acids is 3. The minimum absolute atomic E-state index is 0.134. The Hall–Kier alpha value is -1.39. The third-order valence-electron chi connectivity index (χ3n) is 2.89. The zero-order valence-electron chi connectivity index (χ0n) is 9.22. The molecular formula is C10H16N2O3. The minimum Gasteiger partial charge on any atom is -0.277 e. The van der Waals surface area contributed by atoms with Crippen LogP contribution in [-0.2, 0) is 9.59 Å². The Morgan fingerprint density at radius 1 is 1.13 bits per heavy atom. The fourth-order valence-electron chi connectivity index (χ4n) is 2.00. The number of imide groups is 2. The average Bonchev–Trinajstić information content (AvgIpc) is 2.10. The minimum atomic E-state index is -1.09. The van der Waals surface area contributed by atoms with Gasteiger partial charge in [0.15, 0.2) is 0 Å². The van der Waals surface area contributed by atoms with Crippen LogP contribution >= 0.6 is 0 Å². The lowest BCUT2D eigenvalue weighted by Crippen LogP contribution is -2.64. The van der Waals surface area contributed by atoms with Crippen molar-refractivity contribution in [3.63, 3.8) is 0 Å². The molecule has 15 heavy (non-hydrogen) atoms. The first-order valence-electron chi connectivity index (χ1n) is 5.12. The highest BCUT2D eigenvalue weighted by molar-refractivity contribution is 6.19. The van der Waals surface area contributed by atoms with Crippen LogP contribution in [0.25, 0.3) is 0 Å². The van der Waals surface area contributed by atoms with Gasteiger partial charge in [-0.15, -0.1) is 0 Å². The van der Waals surface area contributed by atoms with Crippen LogP contribution in [-0.4, -0.2) is 17.8 Å². The second-order valence-electron chi connectivity index (χ2n) is 4.11. The summed E-state index contributed by atoms with van der Waals surface area (Å²) in [6.45, 7) is 5.52. The molecule has 0 aromatic carbocycles. The van der Waals surface area contributed by atoms with Crippen molar-refractivity contribution in [2.45, 2.75) is 33.6 Å². The lowest BCUT2D eigenvalue weighted by atomic mass is 9.71. The molecule has 4 amide bonds. The van der Waals surface area contributed by atoms with Gasteiger partial charge in [0.2, 0.25) is 11.8 Å². The quantitative estimate of drug-likeness (QED) is 0.679. The summed E-state index contributed by atoms with van der Waals surface area (Å²) in [4.78, 5) is 34.5. The first-order chi connectivity index (χ1) is 6.95. The molecule has 0 aromatic rings. The maximum atomic E-state index is 11.8. The number of amides is 4. The van der Waals surface area contributed by atoms with Crippen LogP contribution in [0.5, 0.6) is 0 Å². The van der Waals surface area contributed by atoms with Gasteiger partial charge in [0.1, 0.15) is 5.41 Å². The number of hydrogen-bond donors (Lipinski definition) is 2. The third kappa shape index (κ3) is 1.73. The number of barbiturate groups is 1. The molecule has 2 N–H and O–H groups in total. The van der Waals surface area contributed by atoms with Crippen molar-refractivity contribution in [2.24, 2.45) is 11.3 Å². The van der Waals surface area contributed by atoms with Crippen LogP contribution in [0.2, 0.25) is 0 Å². The molecule has 1 fully saturated rings. The van der Waals surface area contributed by atoms with Crippen molar-refractivity contribution in [1.82, 2.24) is 10.6 Å². The summed E-state index contributed by atoms with van der Waals surface area (Å²) in [5, 5.41) is 4.31. The number of urea groups is 1. The fraction of sp³-hybridized carbons (Fsp3) is 0.700. The summed E-state index contributed by atoms with van der Waals surface area (Å²) in [6.07, 6.45) is 1.17. The summed E-state index contributed by atoms with van der Waals surface area (Å²) in [5.74, 6) is -1.09. The summed E-state index contributed by atoms with van der Waals surface area (Å²) in [6, 6.07) is -0.725. The van der Waals surface area contributed by atoms with E-state index in [1.54, 1.807) is 0 Å². The van der Waals surface area contributed by atoms with Crippen molar-refractivity contribution in [1.29, 1.82) is 0 Å². The van der Waals surface area contributed by atoms with Crippen LogP contribution in [0.15, 0.2) is 0 Å². The van der Waals surface area contributed by atoms with Crippen LogP contribution in [0.1, 0.15) is 33.6 Å². The van der Waals surface area contributed by atoms with Crippen LogP contribution in [0.4, 0.5) is 4.79 Å². The molecule has 0 aromatic heterocycles. The number of nitrogens with one attached hydrogen (secondary N) is 2. The van der Waals surface area contributed by atoms with Gasteiger partial charge < -0.3 is 0 Å². The maximum Gasteiger partial charge on any atom is 0.328 e. The molecule has 1 heterocycles. The number of carbonyl (C=O) groups is 3. The molecule has 0 radical (unpaired) electrons. The SMILES string of the molecule is CCCC1(C(C)C)C(=O)NC(=O)NC1=O. The standard InChI is InChI=1S/C10H16N2O3/c1-4-5-10(6(2)3)7(13)11-9(15)12-8(10)14/h6H,4-5H2,1-3H3,(H2,11,12,13,14,15). The average molecular weight is 212 g/mol. The van der Waals surface area contributed by atoms with E-state index in [2.05, 4.69) is 10.6 Å². The van der Waals surface area contributed by atoms with Crippen molar-refractivity contribution in [3.8, 4) is 0 Å². The molecule has 0 aliphatic carbocycles. The first-order valence-corrected chi connectivity index (χ1v) is 5.12. The van der Waals surface area contributed by atoms with Gasteiger partial charge in [-0.2, -0.15) is 0 Å². The van der Waals surface area contributed by atoms with Gasteiger partial charge in [-0.3, -0.25) is 20.2 Å². The molecule has 5 nitrogen and oxygen atoms in total. The Balaban J connectivity index is 3.09. The maximum absolute atomic E-state index is 11.8. The molecular weight excluding hydrogens is 196 g/mol. The van der Waals surface area contributed by atoms with E-state index in [1.807, 2.05) is 20.8 Å². The van der Waals surface area contributed by atoms with E-state index in [9.17, 15) is 14.4 Å². The molecule has 5 heteroatoms. The van der Waals surface area contributed by atoms with Gasteiger partial charge in [-0.25, -0.2) is 4.79 Å². The molecule has 1 aliphatic heterocycles. The molecule has 0 spiro atoms. The molecule has 1 rings (SSSR count). The Labute approximate surface area is 88.6 Å². The van der Waals surface area contributed by atoms with Gasteiger partial charge in [0.25, 0.3) is 0 Å².